The molecule has 0 spiro atoms. The topological polar surface area (TPSA) is 56.4 Å². The standard InChI is InChI=1S/C16H19N3O2S/c20-15-4-3-13(11-17-15)12-18-5-7-19(8-6-18)16(21)10-14-2-1-9-22-14/h1-4,9,11H,5-8,10,12H2,(H,17,20). The molecule has 6 heteroatoms. The summed E-state index contributed by atoms with van der Waals surface area (Å²) in [5.74, 6) is 0.214. The number of carbonyl (C=O) groups is 1. The zero-order valence-electron chi connectivity index (χ0n) is 12.3. The molecule has 0 aliphatic carbocycles. The molecular weight excluding hydrogens is 298 g/mol. The van der Waals surface area contributed by atoms with Crippen molar-refractivity contribution in [3.8, 4) is 0 Å². The van der Waals surface area contributed by atoms with Crippen molar-refractivity contribution >= 4 is 17.2 Å². The molecule has 1 aliphatic rings. The average molecular weight is 317 g/mol. The fourth-order valence-corrected chi connectivity index (χ4v) is 3.32. The lowest BCUT2D eigenvalue weighted by molar-refractivity contribution is -0.132. The van der Waals surface area contributed by atoms with E-state index < -0.39 is 0 Å². The smallest absolute Gasteiger partial charge is 0.247 e. The minimum atomic E-state index is -0.0762. The van der Waals surface area contributed by atoms with Gasteiger partial charge in [0.1, 0.15) is 0 Å². The van der Waals surface area contributed by atoms with Crippen LogP contribution >= 0.6 is 11.3 Å². The lowest BCUT2D eigenvalue weighted by Crippen LogP contribution is -2.48. The van der Waals surface area contributed by atoms with Gasteiger partial charge >= 0.3 is 0 Å². The van der Waals surface area contributed by atoms with Crippen LogP contribution in [0.3, 0.4) is 0 Å². The molecule has 116 valence electrons. The summed E-state index contributed by atoms with van der Waals surface area (Å²) in [6.45, 7) is 4.09. The van der Waals surface area contributed by atoms with Crippen LogP contribution in [0.4, 0.5) is 0 Å². The van der Waals surface area contributed by atoms with Crippen molar-refractivity contribution < 1.29 is 4.79 Å². The molecule has 2 aromatic rings. The number of hydrogen-bond donors (Lipinski definition) is 1. The van der Waals surface area contributed by atoms with Gasteiger partial charge in [-0.25, -0.2) is 0 Å². The molecule has 0 saturated carbocycles. The number of aromatic nitrogens is 1. The Labute approximate surface area is 133 Å². The van der Waals surface area contributed by atoms with Gasteiger partial charge in [-0.2, -0.15) is 0 Å². The maximum atomic E-state index is 12.2. The van der Waals surface area contributed by atoms with Gasteiger partial charge in [-0.1, -0.05) is 12.1 Å². The van der Waals surface area contributed by atoms with E-state index in [1.807, 2.05) is 28.5 Å². The first-order chi connectivity index (χ1) is 10.7. The first-order valence-electron chi connectivity index (χ1n) is 7.41. The zero-order chi connectivity index (χ0) is 15.4. The van der Waals surface area contributed by atoms with Gasteiger partial charge in [-0.05, 0) is 17.0 Å². The number of pyridine rings is 1. The number of rotatable bonds is 4. The highest BCUT2D eigenvalue weighted by atomic mass is 32.1. The van der Waals surface area contributed by atoms with Gasteiger partial charge in [0.15, 0.2) is 0 Å². The lowest BCUT2D eigenvalue weighted by atomic mass is 10.2. The number of amides is 1. The maximum absolute atomic E-state index is 12.2. The highest BCUT2D eigenvalue weighted by molar-refractivity contribution is 7.10. The predicted molar refractivity (Wildman–Crippen MR) is 86.9 cm³/mol. The fraction of sp³-hybridized carbons (Fsp3) is 0.375. The molecule has 1 amide bonds. The van der Waals surface area contributed by atoms with Gasteiger partial charge in [-0.3, -0.25) is 14.5 Å². The van der Waals surface area contributed by atoms with Crippen molar-refractivity contribution in [2.45, 2.75) is 13.0 Å². The molecule has 22 heavy (non-hydrogen) atoms. The molecule has 0 atom stereocenters. The van der Waals surface area contributed by atoms with Crippen LogP contribution in [0, 0.1) is 0 Å². The number of H-pyrrole nitrogens is 1. The first kappa shape index (κ1) is 15.0. The summed E-state index contributed by atoms with van der Waals surface area (Å²) in [5.41, 5.74) is 1.02. The molecule has 3 rings (SSSR count). The summed E-state index contributed by atoms with van der Waals surface area (Å²) < 4.78 is 0. The predicted octanol–water partition coefficient (Wildman–Crippen LogP) is 1.32. The molecule has 1 fully saturated rings. The highest BCUT2D eigenvalue weighted by Gasteiger charge is 2.21. The van der Waals surface area contributed by atoms with E-state index in [0.717, 1.165) is 43.2 Å². The van der Waals surface area contributed by atoms with E-state index in [4.69, 9.17) is 0 Å². The summed E-state index contributed by atoms with van der Waals surface area (Å²) in [6, 6.07) is 7.40. The summed E-state index contributed by atoms with van der Waals surface area (Å²) in [6.07, 6.45) is 2.27. The van der Waals surface area contributed by atoms with Gasteiger partial charge in [0.25, 0.3) is 0 Å². The molecule has 5 nitrogen and oxygen atoms in total. The van der Waals surface area contributed by atoms with Crippen molar-refractivity contribution in [2.24, 2.45) is 0 Å². The number of aromatic amines is 1. The maximum Gasteiger partial charge on any atom is 0.247 e. The molecule has 0 aromatic carbocycles. The van der Waals surface area contributed by atoms with E-state index in [2.05, 4.69) is 9.88 Å². The summed E-state index contributed by atoms with van der Waals surface area (Å²) >= 11 is 1.63. The number of carbonyl (C=O) groups excluding carboxylic acids is 1. The number of hydrogen-bond acceptors (Lipinski definition) is 4. The van der Waals surface area contributed by atoms with Gasteiger partial charge < -0.3 is 9.88 Å². The normalized spacial score (nSPS) is 15.9. The summed E-state index contributed by atoms with van der Waals surface area (Å²) in [4.78, 5) is 31.4. The number of thiophene rings is 1. The minimum absolute atomic E-state index is 0.0762. The first-order valence-corrected chi connectivity index (χ1v) is 8.29. The highest BCUT2D eigenvalue weighted by Crippen LogP contribution is 2.13. The van der Waals surface area contributed by atoms with Crippen LogP contribution in [-0.4, -0.2) is 46.9 Å². The number of nitrogens with zero attached hydrogens (tertiary/aromatic N) is 2. The van der Waals surface area contributed by atoms with Gasteiger partial charge in [0.2, 0.25) is 11.5 Å². The van der Waals surface area contributed by atoms with Crippen LogP contribution in [-0.2, 0) is 17.8 Å². The SMILES string of the molecule is O=C(Cc1cccs1)N1CCN(Cc2ccc(=O)[nH]c2)CC1. The van der Waals surface area contributed by atoms with Crippen LogP contribution in [0.25, 0.3) is 0 Å². The number of nitrogens with one attached hydrogen (secondary N) is 1. The molecular formula is C16H19N3O2S. The van der Waals surface area contributed by atoms with Crippen molar-refractivity contribution in [2.75, 3.05) is 26.2 Å². The third-order valence-corrected chi connectivity index (χ3v) is 4.76. The molecule has 2 aromatic heterocycles. The Morgan fingerprint density at radius 1 is 1.18 bits per heavy atom. The Morgan fingerprint density at radius 2 is 2.00 bits per heavy atom. The van der Waals surface area contributed by atoms with Gasteiger partial charge in [0, 0.05) is 49.9 Å². The summed E-state index contributed by atoms with van der Waals surface area (Å²) in [5, 5.41) is 2.00. The van der Waals surface area contributed by atoms with Crippen molar-refractivity contribution in [1.82, 2.24) is 14.8 Å². The average Bonchev–Trinajstić information content (AvgIpc) is 3.03. The lowest BCUT2D eigenvalue weighted by Gasteiger charge is -2.34. The Kier molecular flexibility index (Phi) is 4.70. The molecule has 1 aliphatic heterocycles. The minimum Gasteiger partial charge on any atom is -0.340 e. The van der Waals surface area contributed by atoms with Crippen LogP contribution < -0.4 is 5.56 Å². The van der Waals surface area contributed by atoms with Crippen LogP contribution in [0.2, 0.25) is 0 Å². The van der Waals surface area contributed by atoms with Gasteiger partial charge in [-0.15, -0.1) is 11.3 Å². The van der Waals surface area contributed by atoms with Crippen LogP contribution in [0.5, 0.6) is 0 Å². The third-order valence-electron chi connectivity index (χ3n) is 3.89. The molecule has 0 bridgehead atoms. The molecule has 0 unspecified atom stereocenters. The second kappa shape index (κ2) is 6.89. The Morgan fingerprint density at radius 3 is 2.64 bits per heavy atom. The third kappa shape index (κ3) is 3.84. The molecule has 1 N–H and O–H groups in total. The van der Waals surface area contributed by atoms with E-state index in [1.165, 1.54) is 0 Å². The van der Waals surface area contributed by atoms with Crippen molar-refractivity contribution in [1.29, 1.82) is 0 Å². The van der Waals surface area contributed by atoms with E-state index in [0.29, 0.717) is 6.42 Å². The molecule has 3 heterocycles. The molecule has 1 saturated heterocycles. The van der Waals surface area contributed by atoms with Crippen LogP contribution in [0.1, 0.15) is 10.4 Å². The Hall–Kier alpha value is -1.92. The quantitative estimate of drug-likeness (QED) is 0.925. The largest absolute Gasteiger partial charge is 0.340 e. The summed E-state index contributed by atoms with van der Waals surface area (Å²) in [7, 11) is 0. The fourth-order valence-electron chi connectivity index (χ4n) is 2.63. The van der Waals surface area contributed by atoms with Gasteiger partial charge in [0.05, 0.1) is 6.42 Å². The Balaban J connectivity index is 1.48. The second-order valence-electron chi connectivity index (χ2n) is 5.47. The molecule has 0 radical (unpaired) electrons. The van der Waals surface area contributed by atoms with Crippen molar-refractivity contribution in [3.63, 3.8) is 0 Å². The zero-order valence-corrected chi connectivity index (χ0v) is 13.1. The second-order valence-corrected chi connectivity index (χ2v) is 6.51. The monoisotopic (exact) mass is 317 g/mol. The number of piperazine rings is 1. The van der Waals surface area contributed by atoms with E-state index in [-0.39, 0.29) is 11.5 Å². The van der Waals surface area contributed by atoms with E-state index in [9.17, 15) is 9.59 Å². The Bertz CT molecular complexity index is 652. The van der Waals surface area contributed by atoms with E-state index in [1.54, 1.807) is 23.6 Å². The van der Waals surface area contributed by atoms with Crippen LogP contribution in [0.15, 0.2) is 40.6 Å². The van der Waals surface area contributed by atoms with E-state index >= 15 is 0 Å². The van der Waals surface area contributed by atoms with Crippen molar-refractivity contribution in [3.05, 3.63) is 56.6 Å².